The first-order valence-electron chi connectivity index (χ1n) is 15.6. The number of nitrogens with zero attached hydrogens (tertiary/aromatic N) is 1. The summed E-state index contributed by atoms with van der Waals surface area (Å²) >= 11 is 0. The molecule has 1 heteroatoms. The monoisotopic (exact) mass is 569 g/mol. The van der Waals surface area contributed by atoms with Crippen molar-refractivity contribution in [3.05, 3.63) is 164 Å². The van der Waals surface area contributed by atoms with Gasteiger partial charge < -0.3 is 4.57 Å². The van der Waals surface area contributed by atoms with Gasteiger partial charge in [-0.05, 0) is 89.6 Å². The van der Waals surface area contributed by atoms with Crippen molar-refractivity contribution < 1.29 is 0 Å². The zero-order valence-electron chi connectivity index (χ0n) is 24.5. The Hall–Kier alpha value is -5.92. The Morgan fingerprint density at radius 1 is 0.289 bits per heavy atom. The van der Waals surface area contributed by atoms with Gasteiger partial charge in [-0.15, -0.1) is 0 Å². The molecule has 0 N–H and O–H groups in total. The molecule has 0 bridgehead atoms. The second kappa shape index (κ2) is 9.29. The van der Waals surface area contributed by atoms with E-state index in [2.05, 4.69) is 168 Å². The fraction of sp³-hybridized carbons (Fsp3) is 0. The predicted molar refractivity (Wildman–Crippen MR) is 193 cm³/mol. The Morgan fingerprint density at radius 3 is 1.53 bits per heavy atom. The van der Waals surface area contributed by atoms with Gasteiger partial charge in [0.15, 0.2) is 0 Å². The molecule has 0 aliphatic carbocycles. The molecule has 1 heterocycles. The summed E-state index contributed by atoms with van der Waals surface area (Å²) < 4.78 is 2.42. The molecule has 1 nitrogen and oxygen atoms in total. The molecule has 0 atom stereocenters. The van der Waals surface area contributed by atoms with Gasteiger partial charge in [0, 0.05) is 16.5 Å². The highest BCUT2D eigenvalue weighted by molar-refractivity contribution is 6.30. The zero-order valence-corrected chi connectivity index (χ0v) is 24.5. The van der Waals surface area contributed by atoms with Gasteiger partial charge in [0.05, 0.1) is 11.0 Å². The maximum atomic E-state index is 2.42. The molecule has 10 rings (SSSR count). The van der Waals surface area contributed by atoms with Crippen LogP contribution in [0.15, 0.2) is 164 Å². The molecule has 208 valence electrons. The van der Waals surface area contributed by atoms with E-state index in [4.69, 9.17) is 0 Å². The van der Waals surface area contributed by atoms with Crippen molar-refractivity contribution in [3.63, 3.8) is 0 Å². The van der Waals surface area contributed by atoms with E-state index in [9.17, 15) is 0 Å². The SMILES string of the molecule is c1ccc(-n2c3cccc4ccc5c(-c6c7ccccc7c(-c7cccc8ccccc78)c7ccccc67)ccc2c5c43)cc1. The average molecular weight is 570 g/mol. The maximum absolute atomic E-state index is 2.42. The summed E-state index contributed by atoms with van der Waals surface area (Å²) in [7, 11) is 0. The number of aromatic nitrogens is 1. The molecule has 1 aromatic heterocycles. The standard InChI is InChI=1S/C44H27N/c1-2-15-30(16-3-1)45-39-23-11-14-29-24-25-38-37(26-27-40(45)44(38)41(29)39)43-35-20-8-6-18-33(35)42(34-19-7-9-21-36(34)43)32-22-10-13-28-12-4-5-17-31(28)32/h1-27H. The fourth-order valence-electron chi connectivity index (χ4n) is 7.91. The van der Waals surface area contributed by atoms with Gasteiger partial charge in [-0.3, -0.25) is 0 Å². The summed E-state index contributed by atoms with van der Waals surface area (Å²) in [5, 5.41) is 12.9. The van der Waals surface area contributed by atoms with E-state index in [1.54, 1.807) is 0 Å². The third-order valence-corrected chi connectivity index (χ3v) is 9.73. The van der Waals surface area contributed by atoms with Crippen molar-refractivity contribution >= 4 is 64.9 Å². The lowest BCUT2D eigenvalue weighted by atomic mass is 9.83. The number of fused-ring (bicyclic) bond motifs is 3. The Bertz CT molecular complexity index is 2680. The molecular formula is C44H27N. The van der Waals surface area contributed by atoms with Crippen LogP contribution in [0.1, 0.15) is 0 Å². The Labute approximate surface area is 260 Å². The molecule has 9 aromatic carbocycles. The van der Waals surface area contributed by atoms with Crippen molar-refractivity contribution in [2.75, 3.05) is 0 Å². The average Bonchev–Trinajstić information content (AvgIpc) is 3.45. The van der Waals surface area contributed by atoms with E-state index < -0.39 is 0 Å². The summed E-state index contributed by atoms with van der Waals surface area (Å²) in [6.45, 7) is 0. The maximum Gasteiger partial charge on any atom is 0.0547 e. The minimum atomic E-state index is 1.19. The second-order valence-electron chi connectivity index (χ2n) is 12.0. The molecule has 0 saturated carbocycles. The fourth-order valence-corrected chi connectivity index (χ4v) is 7.91. The third kappa shape index (κ3) is 3.38. The van der Waals surface area contributed by atoms with Crippen molar-refractivity contribution in [1.29, 1.82) is 0 Å². The van der Waals surface area contributed by atoms with Crippen LogP contribution in [-0.4, -0.2) is 4.57 Å². The Balaban J connectivity index is 1.36. The van der Waals surface area contributed by atoms with Crippen molar-refractivity contribution in [1.82, 2.24) is 4.57 Å². The topological polar surface area (TPSA) is 4.93 Å². The summed E-state index contributed by atoms with van der Waals surface area (Å²) in [6.07, 6.45) is 0. The number of para-hydroxylation sites is 1. The number of benzene rings is 9. The largest absolute Gasteiger partial charge is 0.309 e. The van der Waals surface area contributed by atoms with E-state index in [0.29, 0.717) is 0 Å². The van der Waals surface area contributed by atoms with Gasteiger partial charge in [0.1, 0.15) is 0 Å². The van der Waals surface area contributed by atoms with Crippen LogP contribution < -0.4 is 0 Å². The van der Waals surface area contributed by atoms with Crippen LogP contribution in [0.4, 0.5) is 0 Å². The molecule has 45 heavy (non-hydrogen) atoms. The molecule has 0 saturated heterocycles. The van der Waals surface area contributed by atoms with Crippen LogP contribution in [0.2, 0.25) is 0 Å². The van der Waals surface area contributed by atoms with Crippen LogP contribution in [0, 0.1) is 0 Å². The predicted octanol–water partition coefficient (Wildman–Crippen LogP) is 12.2. The molecule has 0 unspecified atom stereocenters. The van der Waals surface area contributed by atoms with E-state index in [1.165, 1.54) is 92.8 Å². The lowest BCUT2D eigenvalue weighted by molar-refractivity contribution is 1.18. The zero-order chi connectivity index (χ0) is 29.5. The molecule has 10 aromatic rings. The molecule has 0 spiro atoms. The van der Waals surface area contributed by atoms with Crippen molar-refractivity contribution in [2.24, 2.45) is 0 Å². The number of hydrogen-bond acceptors (Lipinski definition) is 0. The highest BCUT2D eigenvalue weighted by Gasteiger charge is 2.22. The second-order valence-corrected chi connectivity index (χ2v) is 12.0. The van der Waals surface area contributed by atoms with Crippen LogP contribution >= 0.6 is 0 Å². The van der Waals surface area contributed by atoms with Crippen molar-refractivity contribution in [2.45, 2.75) is 0 Å². The van der Waals surface area contributed by atoms with E-state index in [-0.39, 0.29) is 0 Å². The minimum Gasteiger partial charge on any atom is -0.309 e. The molecule has 0 radical (unpaired) electrons. The number of rotatable bonds is 3. The van der Waals surface area contributed by atoms with Gasteiger partial charge in [-0.2, -0.15) is 0 Å². The highest BCUT2D eigenvalue weighted by atomic mass is 15.0. The summed E-state index contributed by atoms with van der Waals surface area (Å²) in [6, 6.07) is 60.2. The van der Waals surface area contributed by atoms with Gasteiger partial charge >= 0.3 is 0 Å². The quantitative estimate of drug-likeness (QED) is 0.147. The van der Waals surface area contributed by atoms with Crippen LogP contribution in [0.5, 0.6) is 0 Å². The van der Waals surface area contributed by atoms with Gasteiger partial charge in [-0.1, -0.05) is 140 Å². The van der Waals surface area contributed by atoms with Crippen LogP contribution in [-0.2, 0) is 0 Å². The highest BCUT2D eigenvalue weighted by Crippen LogP contribution is 2.48. The normalized spacial score (nSPS) is 12.0. The smallest absolute Gasteiger partial charge is 0.0547 e. The first kappa shape index (κ1) is 24.5. The molecule has 0 aliphatic heterocycles. The van der Waals surface area contributed by atoms with E-state index >= 15 is 0 Å². The Morgan fingerprint density at radius 2 is 0.822 bits per heavy atom. The third-order valence-electron chi connectivity index (χ3n) is 9.73. The first-order chi connectivity index (χ1) is 22.4. The molecular weight excluding hydrogens is 542 g/mol. The van der Waals surface area contributed by atoms with Gasteiger partial charge in [0.2, 0.25) is 0 Å². The van der Waals surface area contributed by atoms with E-state index in [1.807, 2.05) is 0 Å². The van der Waals surface area contributed by atoms with Crippen LogP contribution in [0.25, 0.3) is 92.8 Å². The van der Waals surface area contributed by atoms with Gasteiger partial charge in [-0.25, -0.2) is 0 Å². The summed E-state index contributed by atoms with van der Waals surface area (Å²) in [5.74, 6) is 0. The molecule has 0 amide bonds. The summed E-state index contributed by atoms with van der Waals surface area (Å²) in [4.78, 5) is 0. The lowest BCUT2D eigenvalue weighted by Gasteiger charge is -2.20. The molecule has 0 fully saturated rings. The Kier molecular flexibility index (Phi) is 5.06. The van der Waals surface area contributed by atoms with Gasteiger partial charge in [0.25, 0.3) is 0 Å². The van der Waals surface area contributed by atoms with Crippen LogP contribution in [0.3, 0.4) is 0 Å². The first-order valence-corrected chi connectivity index (χ1v) is 15.6. The van der Waals surface area contributed by atoms with E-state index in [0.717, 1.165) is 0 Å². The van der Waals surface area contributed by atoms with Crippen molar-refractivity contribution in [3.8, 4) is 27.9 Å². The lowest BCUT2D eigenvalue weighted by Crippen LogP contribution is -1.94. The number of hydrogen-bond donors (Lipinski definition) is 0. The summed E-state index contributed by atoms with van der Waals surface area (Å²) in [5.41, 5.74) is 8.83. The molecule has 0 aliphatic rings. The minimum absolute atomic E-state index is 1.19.